The molecule has 4 aromatic rings. The van der Waals surface area contributed by atoms with Gasteiger partial charge in [0.25, 0.3) is 0 Å². The quantitative estimate of drug-likeness (QED) is 0.581. The number of fused-ring (bicyclic) bond motifs is 1. The van der Waals surface area contributed by atoms with E-state index < -0.39 is 5.63 Å². The number of hydrogen-bond acceptors (Lipinski definition) is 6. The fourth-order valence-corrected chi connectivity index (χ4v) is 2.96. The van der Waals surface area contributed by atoms with E-state index in [1.807, 2.05) is 60.0 Å². The maximum atomic E-state index is 11.8. The van der Waals surface area contributed by atoms with Crippen molar-refractivity contribution in [3.63, 3.8) is 0 Å². The van der Waals surface area contributed by atoms with E-state index in [4.69, 9.17) is 9.15 Å². The smallest absolute Gasteiger partial charge is 0.349 e. The predicted octanol–water partition coefficient (Wildman–Crippen LogP) is 4.79. The maximum Gasteiger partial charge on any atom is 0.349 e. The molecule has 24 heavy (non-hydrogen) atoms. The van der Waals surface area contributed by atoms with Gasteiger partial charge in [-0.1, -0.05) is 18.2 Å². The lowest BCUT2D eigenvalue weighted by atomic mass is 10.3. The summed E-state index contributed by atoms with van der Waals surface area (Å²) in [6.07, 6.45) is 0. The van der Waals surface area contributed by atoms with E-state index in [0.29, 0.717) is 10.2 Å². The summed E-state index contributed by atoms with van der Waals surface area (Å²) >= 11 is 1.40. The second-order valence-corrected chi connectivity index (χ2v) is 5.90. The van der Waals surface area contributed by atoms with E-state index in [9.17, 15) is 4.79 Å². The minimum Gasteiger partial charge on any atom is -0.457 e. The van der Waals surface area contributed by atoms with Crippen LogP contribution in [0.4, 0.5) is 11.7 Å². The minimum absolute atomic E-state index is 0.173. The molecule has 0 spiro atoms. The lowest BCUT2D eigenvalue weighted by Gasteiger charge is -2.07. The molecule has 0 saturated carbocycles. The number of para-hydroxylation sites is 1. The fourth-order valence-electron chi connectivity index (χ4n) is 2.21. The van der Waals surface area contributed by atoms with Gasteiger partial charge in [-0.25, -0.2) is 4.79 Å². The molecule has 0 aliphatic carbocycles. The van der Waals surface area contributed by atoms with E-state index in [1.54, 1.807) is 6.07 Å². The molecule has 2 aromatic heterocycles. The van der Waals surface area contributed by atoms with Gasteiger partial charge in [-0.05, 0) is 47.8 Å². The van der Waals surface area contributed by atoms with Gasteiger partial charge in [-0.15, -0.1) is 11.3 Å². The van der Waals surface area contributed by atoms with Gasteiger partial charge in [0.2, 0.25) is 0 Å². The Morgan fingerprint density at radius 2 is 1.71 bits per heavy atom. The van der Waals surface area contributed by atoms with Crippen LogP contribution < -0.4 is 15.7 Å². The Morgan fingerprint density at radius 3 is 2.50 bits per heavy atom. The van der Waals surface area contributed by atoms with E-state index in [2.05, 4.69) is 10.3 Å². The van der Waals surface area contributed by atoms with Crippen molar-refractivity contribution in [3.05, 3.63) is 76.5 Å². The molecular formula is C18H12N2O3S. The van der Waals surface area contributed by atoms with E-state index in [0.717, 1.165) is 17.2 Å². The number of rotatable bonds is 4. The molecule has 4 rings (SSSR count). The second-order valence-electron chi connectivity index (χ2n) is 5.01. The summed E-state index contributed by atoms with van der Waals surface area (Å²) in [5.74, 6) is 1.49. The molecule has 0 fully saturated rings. The van der Waals surface area contributed by atoms with Crippen LogP contribution in [0.5, 0.6) is 11.5 Å². The van der Waals surface area contributed by atoms with Gasteiger partial charge in [0.15, 0.2) is 0 Å². The number of nitrogens with one attached hydrogen (secondary N) is 1. The number of hydrogen-bond donors (Lipinski definition) is 1. The first-order chi connectivity index (χ1) is 11.8. The number of ether oxygens (including phenoxy) is 1. The number of benzene rings is 2. The molecule has 2 aromatic carbocycles. The maximum absolute atomic E-state index is 11.8. The number of thiophene rings is 1. The van der Waals surface area contributed by atoms with Gasteiger partial charge >= 0.3 is 11.6 Å². The average molecular weight is 336 g/mol. The zero-order chi connectivity index (χ0) is 16.4. The van der Waals surface area contributed by atoms with Crippen LogP contribution >= 0.6 is 11.3 Å². The Bertz CT molecular complexity index is 1020. The molecule has 1 N–H and O–H groups in total. The summed E-state index contributed by atoms with van der Waals surface area (Å²) < 4.78 is 10.9. The lowest BCUT2D eigenvalue weighted by Crippen LogP contribution is -2.03. The topological polar surface area (TPSA) is 64.4 Å². The van der Waals surface area contributed by atoms with Crippen molar-refractivity contribution in [2.45, 2.75) is 0 Å². The van der Waals surface area contributed by atoms with Crippen LogP contribution in [-0.2, 0) is 0 Å². The Balaban J connectivity index is 1.53. The third-order valence-electron chi connectivity index (χ3n) is 3.34. The number of anilines is 2. The van der Waals surface area contributed by atoms with Gasteiger partial charge < -0.3 is 14.5 Å². The van der Waals surface area contributed by atoms with Crippen molar-refractivity contribution >= 4 is 33.3 Å². The summed E-state index contributed by atoms with van der Waals surface area (Å²) in [5.41, 5.74) is 0.356. The van der Waals surface area contributed by atoms with Crippen molar-refractivity contribution in [2.75, 3.05) is 5.32 Å². The van der Waals surface area contributed by atoms with Gasteiger partial charge in [0.1, 0.15) is 16.3 Å². The zero-order valence-corrected chi connectivity index (χ0v) is 13.2. The Hall–Kier alpha value is -3.12. The molecule has 0 atom stereocenters. The first-order valence-electron chi connectivity index (χ1n) is 7.26. The first-order valence-corrected chi connectivity index (χ1v) is 8.14. The predicted molar refractivity (Wildman–Crippen MR) is 94.4 cm³/mol. The highest BCUT2D eigenvalue weighted by Gasteiger charge is 2.07. The Kier molecular flexibility index (Phi) is 3.72. The first kappa shape index (κ1) is 14.5. The highest BCUT2D eigenvalue weighted by atomic mass is 32.1. The molecule has 6 heteroatoms. The van der Waals surface area contributed by atoms with Gasteiger partial charge in [-0.3, -0.25) is 0 Å². The van der Waals surface area contributed by atoms with Gasteiger partial charge in [0, 0.05) is 5.69 Å². The lowest BCUT2D eigenvalue weighted by molar-refractivity contribution is 0.482. The summed E-state index contributed by atoms with van der Waals surface area (Å²) in [4.78, 5) is 16.8. The molecule has 0 bridgehead atoms. The standard InChI is InChI=1S/C18H12N2O3S/c21-17-15-10-11-24-16(15)20-18(23-17)19-12-6-8-14(9-7-12)22-13-4-2-1-3-5-13/h1-11H,(H,19,20). The van der Waals surface area contributed by atoms with Crippen molar-refractivity contribution in [3.8, 4) is 11.5 Å². The van der Waals surface area contributed by atoms with Gasteiger partial charge in [-0.2, -0.15) is 4.98 Å². The van der Waals surface area contributed by atoms with Crippen molar-refractivity contribution in [1.82, 2.24) is 4.98 Å². The SMILES string of the molecule is O=c1oc(Nc2ccc(Oc3ccccc3)cc2)nc2sccc12. The highest BCUT2D eigenvalue weighted by molar-refractivity contribution is 7.16. The normalized spacial score (nSPS) is 10.7. The van der Waals surface area contributed by atoms with Crippen LogP contribution in [0.2, 0.25) is 0 Å². The molecular weight excluding hydrogens is 324 g/mol. The van der Waals surface area contributed by atoms with Crippen LogP contribution in [0.15, 0.2) is 75.3 Å². The monoisotopic (exact) mass is 336 g/mol. The third kappa shape index (κ3) is 3.00. The highest BCUT2D eigenvalue weighted by Crippen LogP contribution is 2.24. The molecule has 0 amide bonds. The van der Waals surface area contributed by atoms with Crippen LogP contribution in [-0.4, -0.2) is 4.98 Å². The van der Waals surface area contributed by atoms with Crippen molar-refractivity contribution in [1.29, 1.82) is 0 Å². The van der Waals surface area contributed by atoms with Crippen molar-refractivity contribution in [2.24, 2.45) is 0 Å². The Labute approximate surface area is 141 Å². The molecule has 118 valence electrons. The molecule has 5 nitrogen and oxygen atoms in total. The molecule has 2 heterocycles. The summed E-state index contributed by atoms with van der Waals surface area (Å²) in [6.45, 7) is 0. The third-order valence-corrected chi connectivity index (χ3v) is 4.15. The van der Waals surface area contributed by atoms with Crippen molar-refractivity contribution < 1.29 is 9.15 Å². The zero-order valence-electron chi connectivity index (χ0n) is 12.4. The summed E-state index contributed by atoms with van der Waals surface area (Å²) in [5, 5.41) is 5.30. The molecule has 0 aliphatic rings. The van der Waals surface area contributed by atoms with Crippen LogP contribution in [0, 0.1) is 0 Å². The largest absolute Gasteiger partial charge is 0.457 e. The molecule has 0 unspecified atom stereocenters. The van der Waals surface area contributed by atoms with E-state index in [-0.39, 0.29) is 6.01 Å². The molecule has 0 aliphatic heterocycles. The second kappa shape index (κ2) is 6.17. The van der Waals surface area contributed by atoms with Gasteiger partial charge in [0.05, 0.1) is 5.39 Å². The number of aromatic nitrogens is 1. The van der Waals surface area contributed by atoms with Crippen LogP contribution in [0.3, 0.4) is 0 Å². The summed E-state index contributed by atoms with van der Waals surface area (Å²) in [7, 11) is 0. The van der Waals surface area contributed by atoms with E-state index >= 15 is 0 Å². The van der Waals surface area contributed by atoms with Crippen LogP contribution in [0.25, 0.3) is 10.2 Å². The number of nitrogens with zero attached hydrogens (tertiary/aromatic N) is 1. The average Bonchev–Trinajstić information content (AvgIpc) is 3.07. The fraction of sp³-hybridized carbons (Fsp3) is 0. The minimum atomic E-state index is -0.396. The molecule has 0 radical (unpaired) electrons. The van der Waals surface area contributed by atoms with Crippen LogP contribution in [0.1, 0.15) is 0 Å². The Morgan fingerprint density at radius 1 is 0.958 bits per heavy atom. The summed E-state index contributed by atoms with van der Waals surface area (Å²) in [6, 6.07) is 18.8. The van der Waals surface area contributed by atoms with E-state index in [1.165, 1.54) is 11.3 Å². The molecule has 0 saturated heterocycles.